The van der Waals surface area contributed by atoms with Gasteiger partial charge in [0.1, 0.15) is 0 Å². The molecule has 1 aliphatic heterocycles. The Morgan fingerprint density at radius 1 is 1.35 bits per heavy atom. The lowest BCUT2D eigenvalue weighted by molar-refractivity contribution is 0.486. The third kappa shape index (κ3) is 2.93. The zero-order chi connectivity index (χ0) is 12.4. The minimum absolute atomic E-state index is 0.340. The molecule has 17 heavy (non-hydrogen) atoms. The van der Waals surface area contributed by atoms with Gasteiger partial charge in [-0.2, -0.15) is 0 Å². The van der Waals surface area contributed by atoms with Gasteiger partial charge in [0, 0.05) is 26.8 Å². The third-order valence-corrected chi connectivity index (χ3v) is 5.00. The molecule has 0 aliphatic carbocycles. The van der Waals surface area contributed by atoms with Crippen molar-refractivity contribution in [1.82, 2.24) is 5.32 Å². The molecule has 1 N–H and O–H groups in total. The first-order valence-corrected chi connectivity index (χ1v) is 7.65. The average Bonchev–Trinajstić information content (AvgIpc) is 2.30. The number of nitrogens with one attached hydrogen (secondary N) is 1. The van der Waals surface area contributed by atoms with Crippen molar-refractivity contribution in [2.24, 2.45) is 0 Å². The number of halogens is 2. The van der Waals surface area contributed by atoms with Crippen LogP contribution in [-0.4, -0.2) is 11.8 Å². The summed E-state index contributed by atoms with van der Waals surface area (Å²) in [6.45, 7) is 5.43. The Labute approximate surface area is 117 Å². The maximum Gasteiger partial charge on any atom is 0.0546 e. The Hall–Kier alpha value is 0.110. The zero-order valence-corrected chi connectivity index (χ0v) is 12.4. The first kappa shape index (κ1) is 13.5. The van der Waals surface area contributed by atoms with Crippen molar-refractivity contribution in [2.75, 3.05) is 6.54 Å². The van der Waals surface area contributed by atoms with Crippen LogP contribution in [0.2, 0.25) is 10.0 Å². The van der Waals surface area contributed by atoms with Crippen LogP contribution >= 0.6 is 35.0 Å². The van der Waals surface area contributed by atoms with Crippen molar-refractivity contribution in [2.45, 2.75) is 42.9 Å². The van der Waals surface area contributed by atoms with Crippen LogP contribution in [0.1, 0.15) is 38.3 Å². The highest BCUT2D eigenvalue weighted by Crippen LogP contribution is 2.46. The molecule has 4 heteroatoms. The van der Waals surface area contributed by atoms with Gasteiger partial charge in [0.05, 0.1) is 5.02 Å². The van der Waals surface area contributed by atoms with Gasteiger partial charge in [0.15, 0.2) is 0 Å². The number of fused-ring (bicyclic) bond motifs is 1. The Bertz CT molecular complexity index is 409. The minimum Gasteiger partial charge on any atom is -0.310 e. The van der Waals surface area contributed by atoms with E-state index in [2.05, 4.69) is 19.2 Å². The van der Waals surface area contributed by atoms with Gasteiger partial charge in [-0.3, -0.25) is 0 Å². The molecule has 0 aromatic heterocycles. The molecule has 1 heterocycles. The van der Waals surface area contributed by atoms with E-state index in [1.165, 1.54) is 5.56 Å². The fraction of sp³-hybridized carbons (Fsp3) is 0.538. The van der Waals surface area contributed by atoms with Crippen LogP contribution in [0.15, 0.2) is 17.0 Å². The van der Waals surface area contributed by atoms with Crippen molar-refractivity contribution in [3.8, 4) is 0 Å². The van der Waals surface area contributed by atoms with E-state index < -0.39 is 0 Å². The third-order valence-electron chi connectivity index (χ3n) is 2.97. The molecule has 2 atom stereocenters. The second-order valence-electron chi connectivity index (χ2n) is 4.44. The predicted octanol–water partition coefficient (Wildman–Crippen LogP) is 4.92. The predicted molar refractivity (Wildman–Crippen MR) is 77.4 cm³/mol. The quantitative estimate of drug-likeness (QED) is 0.848. The molecule has 2 unspecified atom stereocenters. The molecule has 0 bridgehead atoms. The molecular weight excluding hydrogens is 273 g/mol. The van der Waals surface area contributed by atoms with Crippen molar-refractivity contribution in [3.05, 3.63) is 27.7 Å². The zero-order valence-electron chi connectivity index (χ0n) is 10.1. The number of hydrogen-bond donors (Lipinski definition) is 1. The van der Waals surface area contributed by atoms with E-state index in [1.54, 1.807) is 0 Å². The van der Waals surface area contributed by atoms with E-state index in [0.717, 1.165) is 34.3 Å². The summed E-state index contributed by atoms with van der Waals surface area (Å²) < 4.78 is 0. The highest BCUT2D eigenvalue weighted by atomic mass is 35.5. The second kappa shape index (κ2) is 5.83. The first-order chi connectivity index (χ1) is 8.13. The fourth-order valence-electron chi connectivity index (χ4n) is 2.20. The minimum atomic E-state index is 0.340. The standard InChI is InChI=1S/C13H17Cl2NS/c1-3-6-16-11-7-8(2)17-13-10(15)5-4-9(14)12(11)13/h4-5,8,11,16H,3,6-7H2,1-2H3. The number of benzene rings is 1. The summed E-state index contributed by atoms with van der Waals surface area (Å²) in [6.07, 6.45) is 2.24. The van der Waals surface area contributed by atoms with Gasteiger partial charge < -0.3 is 5.32 Å². The van der Waals surface area contributed by atoms with Gasteiger partial charge in [-0.25, -0.2) is 0 Å². The van der Waals surface area contributed by atoms with Crippen LogP contribution in [0.25, 0.3) is 0 Å². The van der Waals surface area contributed by atoms with Gasteiger partial charge in [0.2, 0.25) is 0 Å². The molecule has 1 aromatic carbocycles. The molecule has 0 saturated heterocycles. The number of hydrogen-bond acceptors (Lipinski definition) is 2. The topological polar surface area (TPSA) is 12.0 Å². The van der Waals surface area contributed by atoms with E-state index >= 15 is 0 Å². The van der Waals surface area contributed by atoms with Crippen molar-refractivity contribution < 1.29 is 0 Å². The SMILES string of the molecule is CCCNC1CC(C)Sc2c(Cl)ccc(Cl)c21. The summed E-state index contributed by atoms with van der Waals surface area (Å²) in [5.41, 5.74) is 1.19. The van der Waals surface area contributed by atoms with Crippen LogP contribution in [0.3, 0.4) is 0 Å². The number of rotatable bonds is 3. The molecule has 0 amide bonds. The van der Waals surface area contributed by atoms with E-state index in [1.807, 2.05) is 23.9 Å². The molecular formula is C13H17Cl2NS. The van der Waals surface area contributed by atoms with Crippen molar-refractivity contribution >= 4 is 35.0 Å². The molecule has 0 radical (unpaired) electrons. The Morgan fingerprint density at radius 3 is 2.76 bits per heavy atom. The van der Waals surface area contributed by atoms with Crippen molar-refractivity contribution in [3.63, 3.8) is 0 Å². The lowest BCUT2D eigenvalue weighted by Gasteiger charge is -2.31. The van der Waals surface area contributed by atoms with Gasteiger partial charge in [-0.05, 0) is 31.5 Å². The van der Waals surface area contributed by atoms with Crippen LogP contribution < -0.4 is 5.32 Å². The monoisotopic (exact) mass is 289 g/mol. The summed E-state index contributed by atoms with van der Waals surface area (Å²) in [5, 5.41) is 5.80. The summed E-state index contributed by atoms with van der Waals surface area (Å²) in [5.74, 6) is 0. The van der Waals surface area contributed by atoms with Crippen LogP contribution in [-0.2, 0) is 0 Å². The van der Waals surface area contributed by atoms with Crippen LogP contribution in [0, 0.1) is 0 Å². The summed E-state index contributed by atoms with van der Waals surface area (Å²) in [4.78, 5) is 1.16. The van der Waals surface area contributed by atoms with E-state index in [4.69, 9.17) is 23.2 Å². The Balaban J connectivity index is 2.37. The van der Waals surface area contributed by atoms with Crippen LogP contribution in [0.4, 0.5) is 0 Å². The molecule has 2 rings (SSSR count). The molecule has 1 nitrogen and oxygen atoms in total. The summed E-state index contributed by atoms with van der Waals surface area (Å²) >= 11 is 14.4. The molecule has 94 valence electrons. The maximum absolute atomic E-state index is 6.32. The molecule has 1 aromatic rings. The lowest BCUT2D eigenvalue weighted by atomic mass is 10.0. The highest BCUT2D eigenvalue weighted by Gasteiger charge is 2.28. The van der Waals surface area contributed by atoms with E-state index in [-0.39, 0.29) is 0 Å². The van der Waals surface area contributed by atoms with Crippen LogP contribution in [0.5, 0.6) is 0 Å². The maximum atomic E-state index is 6.32. The largest absolute Gasteiger partial charge is 0.310 e. The van der Waals surface area contributed by atoms with Gasteiger partial charge in [-0.15, -0.1) is 11.8 Å². The van der Waals surface area contributed by atoms with E-state index in [9.17, 15) is 0 Å². The smallest absolute Gasteiger partial charge is 0.0546 e. The lowest BCUT2D eigenvalue weighted by Crippen LogP contribution is -2.28. The fourth-order valence-corrected chi connectivity index (χ4v) is 4.09. The Morgan fingerprint density at radius 2 is 2.06 bits per heavy atom. The summed E-state index contributed by atoms with van der Waals surface area (Å²) in [7, 11) is 0. The van der Waals surface area contributed by atoms with Gasteiger partial charge in [0.25, 0.3) is 0 Å². The first-order valence-electron chi connectivity index (χ1n) is 6.01. The highest BCUT2D eigenvalue weighted by molar-refractivity contribution is 8.00. The average molecular weight is 290 g/mol. The Kier molecular flexibility index (Phi) is 4.65. The molecule has 0 saturated carbocycles. The summed E-state index contributed by atoms with van der Waals surface area (Å²) in [6, 6.07) is 4.14. The van der Waals surface area contributed by atoms with Gasteiger partial charge >= 0.3 is 0 Å². The molecule has 0 spiro atoms. The number of thioether (sulfide) groups is 1. The normalized spacial score (nSPS) is 23.5. The van der Waals surface area contributed by atoms with E-state index in [0.29, 0.717) is 11.3 Å². The molecule has 1 aliphatic rings. The van der Waals surface area contributed by atoms with Crippen molar-refractivity contribution in [1.29, 1.82) is 0 Å². The van der Waals surface area contributed by atoms with Gasteiger partial charge in [-0.1, -0.05) is 37.0 Å². The second-order valence-corrected chi connectivity index (χ2v) is 6.71. The molecule has 0 fully saturated rings.